The second kappa shape index (κ2) is 15.4. The number of aliphatic imine (C=N–C) groups is 1. The average molecular weight is 727 g/mol. The Morgan fingerprint density at radius 1 is 0.725 bits per heavy atom. The highest BCUT2D eigenvalue weighted by Crippen LogP contribution is 2.53. The Morgan fingerprint density at radius 2 is 1.25 bits per heavy atom. The lowest BCUT2D eigenvalue weighted by molar-refractivity contribution is -0.139. The molecule has 2 heterocycles. The molecule has 0 bridgehead atoms. The fourth-order valence-electron chi connectivity index (χ4n) is 6.99. The molecule has 2 aromatic carbocycles. The van der Waals surface area contributed by atoms with Gasteiger partial charge in [-0.15, -0.1) is 0 Å². The minimum atomic E-state index is -4.87. The van der Waals surface area contributed by atoms with E-state index < -0.39 is 57.9 Å². The number of hydrogen-bond acceptors (Lipinski definition) is 4. The van der Waals surface area contributed by atoms with E-state index in [-0.39, 0.29) is 53.9 Å². The minimum absolute atomic E-state index is 0.0459. The molecule has 14 heteroatoms. The maximum Gasteiger partial charge on any atom is 0.416 e. The number of unbranched alkanes of at least 4 members (excludes halogenated alkanes) is 4. The van der Waals surface area contributed by atoms with Gasteiger partial charge in [-0.3, -0.25) is 14.6 Å². The Morgan fingerprint density at radius 3 is 1.80 bits per heavy atom. The van der Waals surface area contributed by atoms with Crippen molar-refractivity contribution in [2.75, 3.05) is 5.32 Å². The van der Waals surface area contributed by atoms with E-state index in [1.54, 1.807) is 13.8 Å². The monoisotopic (exact) mass is 726 g/mol. The van der Waals surface area contributed by atoms with Gasteiger partial charge in [0.2, 0.25) is 0 Å². The number of carbonyl (C=O) groups is 2. The number of rotatable bonds is 15. The number of nitrogens with zero attached hydrogens (tertiary/aromatic N) is 1. The van der Waals surface area contributed by atoms with Crippen molar-refractivity contribution in [1.29, 1.82) is 0 Å². The highest BCUT2D eigenvalue weighted by atomic mass is 19.4. The molecule has 0 aliphatic carbocycles. The number of fused-ring (bicyclic) bond motifs is 2. The van der Waals surface area contributed by atoms with Crippen LogP contribution in [0.3, 0.4) is 0 Å². The first-order valence-corrected chi connectivity index (χ1v) is 16.4. The summed E-state index contributed by atoms with van der Waals surface area (Å²) in [5.41, 5.74) is -4.80. The van der Waals surface area contributed by atoms with Crippen LogP contribution in [-0.4, -0.2) is 27.9 Å². The van der Waals surface area contributed by atoms with Crippen LogP contribution in [0, 0.1) is 11.6 Å². The molecule has 276 valence electrons. The van der Waals surface area contributed by atoms with Crippen molar-refractivity contribution in [3.63, 3.8) is 0 Å². The summed E-state index contributed by atoms with van der Waals surface area (Å²) in [6.07, 6.45) is 0.195. The summed E-state index contributed by atoms with van der Waals surface area (Å²) in [6, 6.07) is 2.79. The maximum atomic E-state index is 14.3. The van der Waals surface area contributed by atoms with Gasteiger partial charge in [0, 0.05) is 40.6 Å². The summed E-state index contributed by atoms with van der Waals surface area (Å²) in [4.78, 5) is 26.2. The van der Waals surface area contributed by atoms with E-state index in [0.717, 1.165) is 12.1 Å². The second-order valence-corrected chi connectivity index (χ2v) is 13.2. The summed E-state index contributed by atoms with van der Waals surface area (Å²) in [7, 11) is 0. The lowest BCUT2D eigenvalue weighted by Gasteiger charge is -2.29. The second-order valence-electron chi connectivity index (χ2n) is 13.2. The molecule has 4 rings (SSSR count). The largest absolute Gasteiger partial charge is 0.481 e. The van der Waals surface area contributed by atoms with E-state index in [1.807, 2.05) is 0 Å². The van der Waals surface area contributed by atoms with E-state index in [0.29, 0.717) is 56.4 Å². The Kier molecular flexibility index (Phi) is 11.9. The number of carboxylic acid groups (broad SMARTS) is 2. The number of allylic oxidation sites excluding steroid dienone is 6. The molecular weight excluding hydrogens is 688 g/mol. The Balaban J connectivity index is 1.64. The quantitative estimate of drug-likeness (QED) is 0.0964. The third kappa shape index (κ3) is 9.06. The first-order chi connectivity index (χ1) is 23.8. The van der Waals surface area contributed by atoms with Gasteiger partial charge >= 0.3 is 24.3 Å². The summed E-state index contributed by atoms with van der Waals surface area (Å²) in [6.45, 7) is 3.16. The highest BCUT2D eigenvalue weighted by Gasteiger charge is 2.48. The van der Waals surface area contributed by atoms with Gasteiger partial charge in [-0.1, -0.05) is 43.9 Å². The van der Waals surface area contributed by atoms with Gasteiger partial charge in [0.25, 0.3) is 0 Å². The molecule has 2 atom stereocenters. The molecule has 0 fully saturated rings. The summed E-state index contributed by atoms with van der Waals surface area (Å²) in [5.74, 6) is -4.16. The van der Waals surface area contributed by atoms with Crippen molar-refractivity contribution >= 4 is 29.0 Å². The molecule has 2 aromatic rings. The van der Waals surface area contributed by atoms with Gasteiger partial charge in [0.05, 0.1) is 22.5 Å². The summed E-state index contributed by atoms with van der Waals surface area (Å²) in [5, 5.41) is 20.8. The molecule has 0 saturated carbocycles. The number of hydrogen-bond donors (Lipinski definition) is 3. The fraction of sp³-hybridized carbons (Fsp3) is 0.432. The third-order valence-corrected chi connectivity index (χ3v) is 9.44. The van der Waals surface area contributed by atoms with Gasteiger partial charge < -0.3 is 15.5 Å². The Labute approximate surface area is 289 Å². The van der Waals surface area contributed by atoms with E-state index in [1.165, 1.54) is 30.4 Å². The standard InChI is InChI=1S/C37H38F8N2O4/c1-34(16-10-4-8-14-30(48)49)28(46-26-20-22(38)18-24(32(26)34)36(40,41)42)12-6-3-7-13-29-35(2,17-11-5-9-15-31(50)51)33-25(37(43,44)45)19-23(39)21-27(33)47-29/h3,6-7,12-13,18-21,46H,4-5,8-11,14-17H2,1-2H3,(H,48,49)(H,50,51). The number of nitrogens with one attached hydrogen (secondary N) is 1. The van der Waals surface area contributed by atoms with Crippen LogP contribution < -0.4 is 5.32 Å². The SMILES string of the molecule is CC1(CCCCCC(=O)O)C(C=CC=CC=C2Nc3cc(F)cc(C(F)(F)F)c3C2(C)CCCCCC(=O)O)=Nc2cc(F)cc(C(F)(F)F)c21. The first-order valence-electron chi connectivity index (χ1n) is 16.4. The van der Waals surface area contributed by atoms with Crippen LogP contribution in [0.1, 0.15) is 100 Å². The lowest BCUT2D eigenvalue weighted by atomic mass is 9.73. The van der Waals surface area contributed by atoms with E-state index in [4.69, 9.17) is 10.2 Å². The van der Waals surface area contributed by atoms with Gasteiger partial charge in [0.1, 0.15) is 11.6 Å². The van der Waals surface area contributed by atoms with Crippen LogP contribution >= 0.6 is 0 Å². The molecule has 51 heavy (non-hydrogen) atoms. The zero-order chi connectivity index (χ0) is 37.8. The van der Waals surface area contributed by atoms with Crippen molar-refractivity contribution in [3.05, 3.63) is 94.2 Å². The number of benzene rings is 2. The van der Waals surface area contributed by atoms with Crippen molar-refractivity contribution < 1.29 is 54.9 Å². The molecule has 3 N–H and O–H groups in total. The smallest absolute Gasteiger partial charge is 0.416 e. The first kappa shape index (κ1) is 39.3. The normalized spacial score (nSPS) is 21.0. The van der Waals surface area contributed by atoms with E-state index in [9.17, 15) is 44.7 Å². The molecule has 0 amide bonds. The predicted octanol–water partition coefficient (Wildman–Crippen LogP) is 10.8. The van der Waals surface area contributed by atoms with Crippen LogP contribution in [0.4, 0.5) is 46.5 Å². The zero-order valence-corrected chi connectivity index (χ0v) is 27.9. The summed E-state index contributed by atoms with van der Waals surface area (Å²) < 4.78 is 113. The average Bonchev–Trinajstić information content (AvgIpc) is 3.44. The van der Waals surface area contributed by atoms with Crippen molar-refractivity contribution in [1.82, 2.24) is 0 Å². The van der Waals surface area contributed by atoms with Gasteiger partial charge in [0.15, 0.2) is 0 Å². The van der Waals surface area contributed by atoms with Gasteiger partial charge in [-0.2, -0.15) is 26.3 Å². The number of halogens is 8. The van der Waals surface area contributed by atoms with Crippen molar-refractivity contribution in [2.45, 2.75) is 101 Å². The van der Waals surface area contributed by atoms with Gasteiger partial charge in [-0.25, -0.2) is 8.78 Å². The van der Waals surface area contributed by atoms with Crippen LogP contribution in [-0.2, 0) is 32.8 Å². The number of aliphatic carboxylic acids is 2. The topological polar surface area (TPSA) is 99.0 Å². The van der Waals surface area contributed by atoms with Crippen molar-refractivity contribution in [3.8, 4) is 0 Å². The van der Waals surface area contributed by atoms with Crippen LogP contribution in [0.15, 0.2) is 65.3 Å². The molecule has 0 radical (unpaired) electrons. The van der Waals surface area contributed by atoms with Crippen molar-refractivity contribution in [2.24, 2.45) is 4.99 Å². The van der Waals surface area contributed by atoms with Crippen LogP contribution in [0.2, 0.25) is 0 Å². The Bertz CT molecular complexity index is 1780. The number of carboxylic acids is 2. The predicted molar refractivity (Wildman–Crippen MR) is 176 cm³/mol. The fourth-order valence-corrected chi connectivity index (χ4v) is 6.99. The highest BCUT2D eigenvalue weighted by molar-refractivity contribution is 6.09. The van der Waals surface area contributed by atoms with Crippen LogP contribution in [0.5, 0.6) is 0 Å². The van der Waals surface area contributed by atoms with Gasteiger partial charge in [-0.05, 0) is 81.5 Å². The Hall–Kier alpha value is -4.49. The molecule has 0 spiro atoms. The molecule has 2 aliphatic rings. The maximum absolute atomic E-state index is 14.3. The summed E-state index contributed by atoms with van der Waals surface area (Å²) >= 11 is 0. The number of alkyl halides is 6. The minimum Gasteiger partial charge on any atom is -0.481 e. The molecule has 2 unspecified atom stereocenters. The molecule has 6 nitrogen and oxygen atoms in total. The van der Waals surface area contributed by atoms with Crippen LogP contribution in [0.25, 0.3) is 0 Å². The van der Waals surface area contributed by atoms with E-state index >= 15 is 0 Å². The molecular formula is C37H38F8N2O4. The zero-order valence-electron chi connectivity index (χ0n) is 27.9. The molecule has 0 saturated heterocycles. The molecule has 0 aromatic heterocycles. The lowest BCUT2D eigenvalue weighted by Crippen LogP contribution is -2.31. The molecule has 2 aliphatic heterocycles. The third-order valence-electron chi connectivity index (χ3n) is 9.44. The van der Waals surface area contributed by atoms with E-state index in [2.05, 4.69) is 10.3 Å². The number of anilines is 1.